The zero-order valence-corrected chi connectivity index (χ0v) is 10.9. The fourth-order valence-electron chi connectivity index (χ4n) is 2.47. The number of ether oxygens (including phenoxy) is 1. The summed E-state index contributed by atoms with van der Waals surface area (Å²) in [5, 5.41) is 0. The van der Waals surface area contributed by atoms with Crippen LogP contribution in [0.15, 0.2) is 18.2 Å². The number of likely N-dealkylation sites (tertiary alicyclic amines) is 1. The summed E-state index contributed by atoms with van der Waals surface area (Å²) in [6.45, 7) is 1.53. The molecule has 1 fully saturated rings. The van der Waals surface area contributed by atoms with Gasteiger partial charge in [-0.1, -0.05) is 12.5 Å². The average Bonchev–Trinajstić information content (AvgIpc) is 2.44. The van der Waals surface area contributed by atoms with Crippen molar-refractivity contribution in [1.29, 1.82) is 0 Å². The predicted molar refractivity (Wildman–Crippen MR) is 66.5 cm³/mol. The van der Waals surface area contributed by atoms with Crippen molar-refractivity contribution in [3.8, 4) is 0 Å². The third-order valence-corrected chi connectivity index (χ3v) is 3.44. The minimum absolute atomic E-state index is 0.437. The first-order valence-corrected chi connectivity index (χ1v) is 6.40. The van der Waals surface area contributed by atoms with Crippen molar-refractivity contribution < 1.29 is 18.3 Å². The topological polar surface area (TPSA) is 29.5 Å². The van der Waals surface area contributed by atoms with Crippen LogP contribution in [0.3, 0.4) is 0 Å². The highest BCUT2D eigenvalue weighted by molar-refractivity contribution is 5.77. The van der Waals surface area contributed by atoms with Crippen molar-refractivity contribution in [2.24, 2.45) is 0 Å². The molecule has 19 heavy (non-hydrogen) atoms. The monoisotopic (exact) mass is 269 g/mol. The van der Waals surface area contributed by atoms with Crippen molar-refractivity contribution in [2.45, 2.75) is 25.3 Å². The number of methoxy groups -OCH3 is 1. The summed E-state index contributed by atoms with van der Waals surface area (Å²) in [5.74, 6) is -2.29. The van der Waals surface area contributed by atoms with E-state index in [0.717, 1.165) is 44.5 Å². The molecule has 2 rings (SSSR count). The molecule has 0 bridgehead atoms. The number of benzene rings is 1. The number of nitrogens with zero attached hydrogens (tertiary/aromatic N) is 1. The van der Waals surface area contributed by atoms with Gasteiger partial charge in [0.15, 0.2) is 11.6 Å². The third-order valence-electron chi connectivity index (χ3n) is 3.44. The second kappa shape index (κ2) is 6.10. The predicted octanol–water partition coefficient (Wildman–Crippen LogP) is 2.66. The fraction of sp³-hybridized carbons (Fsp3) is 0.500. The second-order valence-corrected chi connectivity index (χ2v) is 4.70. The van der Waals surface area contributed by atoms with Gasteiger partial charge in [-0.2, -0.15) is 0 Å². The molecule has 0 N–H and O–H groups in total. The van der Waals surface area contributed by atoms with Gasteiger partial charge >= 0.3 is 5.97 Å². The minimum Gasteiger partial charge on any atom is -0.468 e. The maximum absolute atomic E-state index is 13.3. The molecule has 0 saturated carbocycles. The highest BCUT2D eigenvalue weighted by Crippen LogP contribution is 2.26. The number of carbonyl (C=O) groups excluding carboxylic acids is 1. The van der Waals surface area contributed by atoms with Crippen LogP contribution in [-0.4, -0.2) is 31.1 Å². The summed E-state index contributed by atoms with van der Waals surface area (Å²) in [7, 11) is 1.30. The van der Waals surface area contributed by atoms with E-state index in [1.807, 2.05) is 4.90 Å². The van der Waals surface area contributed by atoms with E-state index in [1.165, 1.54) is 13.2 Å². The Kier molecular flexibility index (Phi) is 4.47. The zero-order chi connectivity index (χ0) is 13.8. The number of esters is 1. The molecule has 3 nitrogen and oxygen atoms in total. The molecule has 0 spiro atoms. The Morgan fingerprint density at radius 2 is 1.89 bits per heavy atom. The second-order valence-electron chi connectivity index (χ2n) is 4.70. The number of hydrogen-bond donors (Lipinski definition) is 0. The highest BCUT2D eigenvalue weighted by Gasteiger charge is 2.30. The summed E-state index contributed by atoms with van der Waals surface area (Å²) >= 11 is 0. The molecule has 0 radical (unpaired) electrons. The van der Waals surface area contributed by atoms with Gasteiger partial charge < -0.3 is 4.74 Å². The lowest BCUT2D eigenvalue weighted by atomic mass is 10.0. The van der Waals surface area contributed by atoms with Crippen LogP contribution in [0.25, 0.3) is 0 Å². The first kappa shape index (κ1) is 13.9. The zero-order valence-electron chi connectivity index (χ0n) is 10.9. The molecule has 0 aliphatic carbocycles. The molecule has 104 valence electrons. The maximum Gasteiger partial charge on any atom is 0.327 e. The number of hydrogen-bond acceptors (Lipinski definition) is 3. The first-order chi connectivity index (χ1) is 9.13. The molecule has 1 atom stereocenters. The van der Waals surface area contributed by atoms with E-state index in [2.05, 4.69) is 0 Å². The standard InChI is InChI=1S/C14H17F2NO2/c1-19-14(18)13(17-7-3-2-4-8-17)10-5-6-11(15)12(16)9-10/h5-6,9,13H,2-4,7-8H2,1H3. The lowest BCUT2D eigenvalue weighted by Crippen LogP contribution is -2.38. The normalized spacial score (nSPS) is 18.1. The van der Waals surface area contributed by atoms with Crippen molar-refractivity contribution >= 4 is 5.97 Å². The molecule has 5 heteroatoms. The summed E-state index contributed by atoms with van der Waals surface area (Å²) < 4.78 is 31.1. The smallest absolute Gasteiger partial charge is 0.327 e. The van der Waals surface area contributed by atoms with Crippen LogP contribution in [0.1, 0.15) is 30.9 Å². The molecule has 1 saturated heterocycles. The van der Waals surface area contributed by atoms with Crippen molar-refractivity contribution in [1.82, 2.24) is 4.90 Å². The van der Waals surface area contributed by atoms with Crippen LogP contribution < -0.4 is 0 Å². The highest BCUT2D eigenvalue weighted by atomic mass is 19.2. The van der Waals surface area contributed by atoms with Gasteiger partial charge in [0.2, 0.25) is 0 Å². The Bertz CT molecular complexity index is 459. The SMILES string of the molecule is COC(=O)C(c1ccc(F)c(F)c1)N1CCCCC1. The molecule has 1 heterocycles. The van der Waals surface area contributed by atoms with Gasteiger partial charge in [0.25, 0.3) is 0 Å². The molecule has 1 aliphatic heterocycles. The van der Waals surface area contributed by atoms with Crippen LogP contribution in [-0.2, 0) is 9.53 Å². The van der Waals surface area contributed by atoms with E-state index in [9.17, 15) is 13.6 Å². The Labute approximate surface area is 111 Å². The summed E-state index contributed by atoms with van der Waals surface area (Å²) in [4.78, 5) is 13.9. The lowest BCUT2D eigenvalue weighted by Gasteiger charge is -2.33. The number of rotatable bonds is 3. The molecule has 1 aromatic carbocycles. The van der Waals surface area contributed by atoms with Gasteiger partial charge in [0.1, 0.15) is 6.04 Å². The molecule has 0 aromatic heterocycles. The van der Waals surface area contributed by atoms with E-state index in [0.29, 0.717) is 5.56 Å². The molecular formula is C14H17F2NO2. The van der Waals surface area contributed by atoms with Crippen molar-refractivity contribution in [2.75, 3.05) is 20.2 Å². The number of carbonyl (C=O) groups is 1. The van der Waals surface area contributed by atoms with Crippen LogP contribution in [0.5, 0.6) is 0 Å². The lowest BCUT2D eigenvalue weighted by molar-refractivity contribution is -0.147. The van der Waals surface area contributed by atoms with Crippen LogP contribution in [0, 0.1) is 11.6 Å². The number of piperidine rings is 1. The maximum atomic E-state index is 13.3. The largest absolute Gasteiger partial charge is 0.468 e. The van der Waals surface area contributed by atoms with Crippen molar-refractivity contribution in [3.63, 3.8) is 0 Å². The Morgan fingerprint density at radius 3 is 2.47 bits per heavy atom. The average molecular weight is 269 g/mol. The van der Waals surface area contributed by atoms with Crippen LogP contribution >= 0.6 is 0 Å². The van der Waals surface area contributed by atoms with E-state index >= 15 is 0 Å². The van der Waals surface area contributed by atoms with Gasteiger partial charge in [-0.05, 0) is 43.6 Å². The van der Waals surface area contributed by atoms with Gasteiger partial charge in [0, 0.05) is 0 Å². The van der Waals surface area contributed by atoms with Gasteiger partial charge in [-0.3, -0.25) is 4.90 Å². The first-order valence-electron chi connectivity index (χ1n) is 6.40. The quantitative estimate of drug-likeness (QED) is 0.790. The fourth-order valence-corrected chi connectivity index (χ4v) is 2.47. The Hall–Kier alpha value is -1.49. The van der Waals surface area contributed by atoms with E-state index < -0.39 is 23.6 Å². The molecule has 1 aromatic rings. The van der Waals surface area contributed by atoms with Crippen LogP contribution in [0.4, 0.5) is 8.78 Å². The van der Waals surface area contributed by atoms with E-state index in [1.54, 1.807) is 0 Å². The molecular weight excluding hydrogens is 252 g/mol. The van der Waals surface area contributed by atoms with E-state index in [4.69, 9.17) is 4.74 Å². The number of halogens is 2. The molecule has 1 aliphatic rings. The Morgan fingerprint density at radius 1 is 1.21 bits per heavy atom. The molecule has 1 unspecified atom stereocenters. The Balaban J connectivity index is 2.30. The van der Waals surface area contributed by atoms with Gasteiger partial charge in [-0.15, -0.1) is 0 Å². The van der Waals surface area contributed by atoms with Crippen LogP contribution in [0.2, 0.25) is 0 Å². The van der Waals surface area contributed by atoms with Gasteiger partial charge in [-0.25, -0.2) is 13.6 Å². The summed E-state index contributed by atoms with van der Waals surface area (Å²) in [6, 6.07) is 2.91. The summed E-state index contributed by atoms with van der Waals surface area (Å²) in [5.41, 5.74) is 0.438. The summed E-state index contributed by atoms with van der Waals surface area (Å²) in [6.07, 6.45) is 3.12. The third kappa shape index (κ3) is 3.10. The minimum atomic E-state index is -0.941. The van der Waals surface area contributed by atoms with E-state index in [-0.39, 0.29) is 0 Å². The molecule has 0 amide bonds. The van der Waals surface area contributed by atoms with Gasteiger partial charge in [0.05, 0.1) is 7.11 Å². The van der Waals surface area contributed by atoms with Crippen molar-refractivity contribution in [3.05, 3.63) is 35.4 Å².